The maximum atomic E-state index is 8.24. The molecule has 3 heteroatoms. The van der Waals surface area contributed by atoms with Crippen molar-refractivity contribution in [2.75, 3.05) is 6.61 Å². The highest BCUT2D eigenvalue weighted by molar-refractivity contribution is 5.20. The summed E-state index contributed by atoms with van der Waals surface area (Å²) in [6, 6.07) is 0. The summed E-state index contributed by atoms with van der Waals surface area (Å²) in [4.78, 5) is 16.2. The molecule has 0 aromatic rings. The number of hydrogen-bond donors (Lipinski definition) is 1. The zero-order valence-electron chi connectivity index (χ0n) is 5.76. The van der Waals surface area contributed by atoms with Gasteiger partial charge in [-0.25, -0.2) is 0 Å². The molecule has 0 aliphatic carbocycles. The van der Waals surface area contributed by atoms with Crippen LogP contribution in [0.25, 0.3) is 0 Å². The van der Waals surface area contributed by atoms with Crippen molar-refractivity contribution < 1.29 is 14.7 Å². The lowest BCUT2D eigenvalue weighted by atomic mass is 10.2. The van der Waals surface area contributed by atoms with E-state index in [2.05, 4.69) is 13.8 Å². The maximum Gasteiger partial charge on any atom is 0.373 e. The molecular formula is C6H12O3. The molecule has 0 aliphatic heterocycles. The van der Waals surface area contributed by atoms with Gasteiger partial charge in [0.05, 0.1) is 0 Å². The third kappa shape index (κ3) is 38.2. The third-order valence-corrected chi connectivity index (χ3v) is 0.706. The molecule has 54 valence electrons. The fourth-order valence-corrected chi connectivity index (χ4v) is 0.258. The van der Waals surface area contributed by atoms with Gasteiger partial charge in [0.25, 0.3) is 0 Å². The van der Waals surface area contributed by atoms with Crippen LogP contribution in [0.1, 0.15) is 20.3 Å². The van der Waals surface area contributed by atoms with E-state index < -0.39 is 0 Å². The topological polar surface area (TPSA) is 54.4 Å². The van der Waals surface area contributed by atoms with Crippen molar-refractivity contribution in [2.45, 2.75) is 20.3 Å². The third-order valence-electron chi connectivity index (χ3n) is 0.706. The molecule has 9 heavy (non-hydrogen) atoms. The molecule has 0 heterocycles. The zero-order valence-corrected chi connectivity index (χ0v) is 5.76. The Labute approximate surface area is 54.7 Å². The van der Waals surface area contributed by atoms with Crippen LogP contribution < -0.4 is 0 Å². The normalized spacial score (nSPS) is 7.56. The molecule has 0 saturated carbocycles. The molecule has 3 nitrogen and oxygen atoms in total. The fourth-order valence-electron chi connectivity index (χ4n) is 0.258. The van der Waals surface area contributed by atoms with Gasteiger partial charge in [-0.3, -0.25) is 0 Å². The van der Waals surface area contributed by atoms with E-state index in [9.17, 15) is 0 Å². The smallest absolute Gasteiger partial charge is 0.373 e. The summed E-state index contributed by atoms with van der Waals surface area (Å²) in [5, 5.41) is 8.24. The highest BCUT2D eigenvalue weighted by Crippen LogP contribution is 1.94. The van der Waals surface area contributed by atoms with E-state index in [4.69, 9.17) is 14.7 Å². The van der Waals surface area contributed by atoms with E-state index in [1.807, 2.05) is 0 Å². The van der Waals surface area contributed by atoms with Crippen LogP contribution in [0.5, 0.6) is 0 Å². The Hall–Kier alpha value is -0.660. The maximum absolute atomic E-state index is 8.24. The monoisotopic (exact) mass is 132 g/mol. The van der Waals surface area contributed by atoms with Crippen LogP contribution >= 0.6 is 0 Å². The molecule has 0 rings (SSSR count). The Morgan fingerprint density at radius 3 is 1.78 bits per heavy atom. The van der Waals surface area contributed by atoms with Crippen molar-refractivity contribution in [1.29, 1.82) is 0 Å². The van der Waals surface area contributed by atoms with Gasteiger partial charge in [-0.05, 0) is 12.3 Å². The van der Waals surface area contributed by atoms with Crippen molar-refractivity contribution in [3.05, 3.63) is 0 Å². The van der Waals surface area contributed by atoms with Gasteiger partial charge < -0.3 is 5.11 Å². The number of carbonyl (C=O) groups excluding carboxylic acids is 2. The van der Waals surface area contributed by atoms with Crippen molar-refractivity contribution in [1.82, 2.24) is 0 Å². The van der Waals surface area contributed by atoms with E-state index in [1.165, 1.54) is 0 Å². The first-order valence-electron chi connectivity index (χ1n) is 2.79. The second-order valence-electron chi connectivity index (χ2n) is 1.99. The van der Waals surface area contributed by atoms with Crippen LogP contribution in [0.2, 0.25) is 0 Å². The minimum Gasteiger partial charge on any atom is -0.396 e. The summed E-state index contributed by atoms with van der Waals surface area (Å²) >= 11 is 0. The quantitative estimate of drug-likeness (QED) is 0.593. The lowest BCUT2D eigenvalue weighted by molar-refractivity contribution is -0.191. The van der Waals surface area contributed by atoms with E-state index >= 15 is 0 Å². The number of aliphatic hydroxyl groups is 1. The van der Waals surface area contributed by atoms with Gasteiger partial charge in [-0.15, -0.1) is 0 Å². The lowest BCUT2D eigenvalue weighted by Crippen LogP contribution is -1.89. The Bertz CT molecular complexity index is 72.4. The number of hydrogen-bond acceptors (Lipinski definition) is 3. The van der Waals surface area contributed by atoms with Crippen LogP contribution in [0, 0.1) is 5.92 Å². The predicted octanol–water partition coefficient (Wildman–Crippen LogP) is 0.441. The van der Waals surface area contributed by atoms with Gasteiger partial charge >= 0.3 is 6.15 Å². The molecule has 0 aliphatic rings. The Balaban J connectivity index is 0. The van der Waals surface area contributed by atoms with Crippen LogP contribution in [0.3, 0.4) is 0 Å². The predicted molar refractivity (Wildman–Crippen MR) is 31.5 cm³/mol. The molecule has 1 N–H and O–H groups in total. The number of rotatable bonds is 2. The summed E-state index contributed by atoms with van der Waals surface area (Å²) in [5.41, 5.74) is 0. The molecule has 0 radical (unpaired) electrons. The van der Waals surface area contributed by atoms with Gasteiger partial charge in [0, 0.05) is 6.61 Å². The zero-order chi connectivity index (χ0) is 7.70. The lowest BCUT2D eigenvalue weighted by Gasteiger charge is -1.95. The van der Waals surface area contributed by atoms with Crippen LogP contribution in [0.15, 0.2) is 0 Å². The minimum atomic E-state index is 0.250. The molecule has 0 spiro atoms. The van der Waals surface area contributed by atoms with E-state index in [-0.39, 0.29) is 6.15 Å². The molecule has 0 amide bonds. The fraction of sp³-hybridized carbons (Fsp3) is 0.833. The average molecular weight is 132 g/mol. The Morgan fingerprint density at radius 1 is 1.44 bits per heavy atom. The first-order valence-corrected chi connectivity index (χ1v) is 2.79. The van der Waals surface area contributed by atoms with Crippen LogP contribution in [0.4, 0.5) is 0 Å². The molecule has 0 saturated heterocycles. The SMILES string of the molecule is CC(C)CCO.O=C=O. The first-order chi connectivity index (χ1) is 4.18. The summed E-state index contributed by atoms with van der Waals surface area (Å²) in [7, 11) is 0. The van der Waals surface area contributed by atoms with Gasteiger partial charge in [-0.1, -0.05) is 13.8 Å². The Kier molecular flexibility index (Phi) is 12.9. The second kappa shape index (κ2) is 10.3. The van der Waals surface area contributed by atoms with Crippen molar-refractivity contribution in [3.8, 4) is 0 Å². The molecule has 0 aromatic carbocycles. The van der Waals surface area contributed by atoms with Gasteiger partial charge in [0.2, 0.25) is 0 Å². The van der Waals surface area contributed by atoms with Crippen molar-refractivity contribution >= 4 is 6.15 Å². The molecular weight excluding hydrogens is 120 g/mol. The summed E-state index contributed by atoms with van der Waals surface area (Å²) in [6.07, 6.45) is 1.18. The van der Waals surface area contributed by atoms with Crippen molar-refractivity contribution in [2.24, 2.45) is 5.92 Å². The molecule has 0 bridgehead atoms. The van der Waals surface area contributed by atoms with Crippen molar-refractivity contribution in [3.63, 3.8) is 0 Å². The largest absolute Gasteiger partial charge is 0.396 e. The summed E-state index contributed by atoms with van der Waals surface area (Å²) in [6.45, 7) is 4.52. The second-order valence-corrected chi connectivity index (χ2v) is 1.99. The molecule has 0 atom stereocenters. The first kappa shape index (κ1) is 11.2. The van der Waals surface area contributed by atoms with Gasteiger partial charge in [-0.2, -0.15) is 9.59 Å². The summed E-state index contributed by atoms with van der Waals surface area (Å²) < 4.78 is 0. The van der Waals surface area contributed by atoms with E-state index in [1.54, 1.807) is 0 Å². The molecule has 0 aromatic heterocycles. The van der Waals surface area contributed by atoms with Gasteiger partial charge in [0.1, 0.15) is 0 Å². The average Bonchev–Trinajstić information content (AvgIpc) is 1.67. The van der Waals surface area contributed by atoms with Crippen LogP contribution in [-0.4, -0.2) is 17.9 Å². The van der Waals surface area contributed by atoms with E-state index in [0.717, 1.165) is 6.42 Å². The van der Waals surface area contributed by atoms with E-state index in [0.29, 0.717) is 12.5 Å². The molecule has 0 unspecified atom stereocenters. The minimum absolute atomic E-state index is 0.250. The molecule has 0 fully saturated rings. The highest BCUT2D eigenvalue weighted by Gasteiger charge is 1.86. The Morgan fingerprint density at radius 2 is 1.78 bits per heavy atom. The summed E-state index contributed by atoms with van der Waals surface area (Å²) in [5.74, 6) is 0.648. The van der Waals surface area contributed by atoms with Gasteiger partial charge in [0.15, 0.2) is 0 Å². The van der Waals surface area contributed by atoms with Crippen LogP contribution in [-0.2, 0) is 9.59 Å². The number of aliphatic hydroxyl groups excluding tert-OH is 1. The highest BCUT2D eigenvalue weighted by atomic mass is 16.3. The standard InChI is InChI=1S/C5H12O.CO2/c1-5(2)3-4-6;2-1-3/h5-6H,3-4H2,1-2H3;.